The molecule has 1 N–H and O–H groups in total. The zero-order valence-electron chi connectivity index (χ0n) is 14.8. The third kappa shape index (κ3) is 3.23. The van der Waals surface area contributed by atoms with E-state index in [9.17, 15) is 9.59 Å². The van der Waals surface area contributed by atoms with Crippen molar-refractivity contribution < 1.29 is 19.2 Å². The van der Waals surface area contributed by atoms with Crippen molar-refractivity contribution in [3.63, 3.8) is 0 Å². The van der Waals surface area contributed by atoms with Crippen molar-refractivity contribution in [3.8, 4) is 5.75 Å². The standard InChI is InChI=1S/C20H19N3O4/c1-21-19(24)18-12-23(15-9-5-6-10-16(15)26-18)20(25)17-11-14(22-27-17)13-7-3-2-4-8-13/h2-10,17-18H,11-12H2,1H3,(H,21,24). The molecule has 2 aliphatic rings. The maximum atomic E-state index is 13.1. The summed E-state index contributed by atoms with van der Waals surface area (Å²) < 4.78 is 5.74. The summed E-state index contributed by atoms with van der Waals surface area (Å²) in [5.74, 6) is -0.0295. The Kier molecular flexibility index (Phi) is 4.50. The Hall–Kier alpha value is -3.35. The van der Waals surface area contributed by atoms with Crippen LogP contribution in [0.4, 0.5) is 5.69 Å². The molecule has 2 unspecified atom stereocenters. The Balaban J connectivity index is 1.55. The second-order valence-corrected chi connectivity index (χ2v) is 6.34. The Labute approximate surface area is 156 Å². The van der Waals surface area contributed by atoms with Crippen molar-refractivity contribution in [2.75, 3.05) is 18.5 Å². The predicted octanol–water partition coefficient (Wildman–Crippen LogP) is 1.72. The van der Waals surface area contributed by atoms with Gasteiger partial charge in [-0.15, -0.1) is 0 Å². The number of benzene rings is 2. The van der Waals surface area contributed by atoms with Gasteiger partial charge in [-0.1, -0.05) is 47.6 Å². The first-order valence-corrected chi connectivity index (χ1v) is 8.74. The lowest BCUT2D eigenvalue weighted by Crippen LogP contribution is -2.52. The first-order valence-electron chi connectivity index (χ1n) is 8.74. The summed E-state index contributed by atoms with van der Waals surface area (Å²) in [5, 5.41) is 6.66. The van der Waals surface area contributed by atoms with Gasteiger partial charge in [0, 0.05) is 13.5 Å². The van der Waals surface area contributed by atoms with E-state index in [1.165, 1.54) is 0 Å². The van der Waals surface area contributed by atoms with Crippen LogP contribution < -0.4 is 15.0 Å². The Morgan fingerprint density at radius 1 is 1.07 bits per heavy atom. The number of nitrogens with one attached hydrogen (secondary N) is 1. The molecule has 2 aromatic carbocycles. The minimum Gasteiger partial charge on any atom is -0.477 e. The van der Waals surface area contributed by atoms with Crippen LogP contribution in [0.1, 0.15) is 12.0 Å². The molecule has 0 aliphatic carbocycles. The molecule has 0 radical (unpaired) electrons. The molecular formula is C20H19N3O4. The van der Waals surface area contributed by atoms with E-state index in [4.69, 9.17) is 9.57 Å². The normalized spacial score (nSPS) is 20.8. The molecule has 0 aromatic heterocycles. The van der Waals surface area contributed by atoms with Crippen LogP contribution in [0.3, 0.4) is 0 Å². The zero-order valence-corrected chi connectivity index (χ0v) is 14.8. The van der Waals surface area contributed by atoms with Crippen molar-refractivity contribution in [2.24, 2.45) is 5.16 Å². The van der Waals surface area contributed by atoms with Gasteiger partial charge in [0.25, 0.3) is 11.8 Å². The number of carbonyl (C=O) groups is 2. The average molecular weight is 365 g/mol. The fourth-order valence-electron chi connectivity index (χ4n) is 3.23. The van der Waals surface area contributed by atoms with E-state index in [1.807, 2.05) is 36.4 Å². The molecule has 0 saturated carbocycles. The van der Waals surface area contributed by atoms with Crippen LogP contribution in [0.5, 0.6) is 5.75 Å². The highest BCUT2D eigenvalue weighted by Gasteiger charge is 2.39. The van der Waals surface area contributed by atoms with Crippen molar-refractivity contribution in [3.05, 3.63) is 60.2 Å². The molecule has 0 fully saturated rings. The molecule has 2 heterocycles. The fourth-order valence-corrected chi connectivity index (χ4v) is 3.23. The van der Waals surface area contributed by atoms with E-state index in [-0.39, 0.29) is 18.4 Å². The highest BCUT2D eigenvalue weighted by atomic mass is 16.6. The van der Waals surface area contributed by atoms with Gasteiger partial charge in [-0.2, -0.15) is 0 Å². The molecule has 0 bridgehead atoms. The van der Waals surface area contributed by atoms with Crippen LogP contribution in [-0.2, 0) is 14.4 Å². The van der Waals surface area contributed by atoms with Crippen LogP contribution in [0.25, 0.3) is 0 Å². The maximum absolute atomic E-state index is 13.1. The molecule has 7 heteroatoms. The van der Waals surface area contributed by atoms with E-state index in [0.717, 1.165) is 11.3 Å². The molecule has 7 nitrogen and oxygen atoms in total. The third-order valence-corrected chi connectivity index (χ3v) is 4.63. The van der Waals surface area contributed by atoms with Gasteiger partial charge in [0.05, 0.1) is 17.9 Å². The van der Waals surface area contributed by atoms with Crippen molar-refractivity contribution in [2.45, 2.75) is 18.6 Å². The van der Waals surface area contributed by atoms with Gasteiger partial charge in [-0.25, -0.2) is 0 Å². The average Bonchev–Trinajstić information content (AvgIpc) is 3.22. The SMILES string of the molecule is CNC(=O)C1CN(C(=O)C2CC(c3ccccc3)=NO2)c2ccccc2O1. The number of fused-ring (bicyclic) bond motifs is 1. The van der Waals surface area contributed by atoms with Gasteiger partial charge < -0.3 is 19.8 Å². The van der Waals surface area contributed by atoms with Gasteiger partial charge in [-0.3, -0.25) is 9.59 Å². The topological polar surface area (TPSA) is 80.2 Å². The largest absolute Gasteiger partial charge is 0.477 e. The maximum Gasteiger partial charge on any atom is 0.271 e. The monoisotopic (exact) mass is 365 g/mol. The van der Waals surface area contributed by atoms with Gasteiger partial charge in [0.2, 0.25) is 6.10 Å². The zero-order chi connectivity index (χ0) is 18.8. The van der Waals surface area contributed by atoms with Crippen LogP contribution in [0.15, 0.2) is 59.8 Å². The van der Waals surface area contributed by atoms with Gasteiger partial charge in [0.15, 0.2) is 6.10 Å². The van der Waals surface area contributed by atoms with Crippen molar-refractivity contribution in [1.82, 2.24) is 5.32 Å². The lowest BCUT2D eigenvalue weighted by molar-refractivity contribution is -0.130. The summed E-state index contributed by atoms with van der Waals surface area (Å²) in [6.07, 6.45) is -1.12. The van der Waals surface area contributed by atoms with E-state index >= 15 is 0 Å². The van der Waals surface area contributed by atoms with Crippen LogP contribution in [0, 0.1) is 0 Å². The number of hydrogen-bond acceptors (Lipinski definition) is 5. The number of para-hydroxylation sites is 2. The van der Waals surface area contributed by atoms with Crippen molar-refractivity contribution >= 4 is 23.2 Å². The first-order chi connectivity index (χ1) is 13.2. The smallest absolute Gasteiger partial charge is 0.271 e. The summed E-state index contributed by atoms with van der Waals surface area (Å²) in [5.41, 5.74) is 2.29. The highest BCUT2D eigenvalue weighted by molar-refractivity contribution is 6.07. The Morgan fingerprint density at radius 2 is 1.81 bits per heavy atom. The van der Waals surface area contributed by atoms with E-state index in [1.54, 1.807) is 30.1 Å². The second-order valence-electron chi connectivity index (χ2n) is 6.34. The number of hydrogen-bond donors (Lipinski definition) is 1. The van der Waals surface area contributed by atoms with E-state index in [0.29, 0.717) is 17.9 Å². The number of ether oxygens (including phenoxy) is 1. The number of oxime groups is 1. The molecule has 2 amide bonds. The van der Waals surface area contributed by atoms with Gasteiger partial charge in [-0.05, 0) is 17.7 Å². The molecular weight excluding hydrogens is 346 g/mol. The lowest BCUT2D eigenvalue weighted by atomic mass is 10.0. The minimum absolute atomic E-state index is 0.121. The molecule has 2 aliphatic heterocycles. The van der Waals surface area contributed by atoms with Crippen molar-refractivity contribution in [1.29, 1.82) is 0 Å². The summed E-state index contributed by atoms with van der Waals surface area (Å²) in [4.78, 5) is 32.2. The van der Waals surface area contributed by atoms with Gasteiger partial charge in [0.1, 0.15) is 5.75 Å². The van der Waals surface area contributed by atoms with E-state index < -0.39 is 12.2 Å². The van der Waals surface area contributed by atoms with Crippen LogP contribution in [0.2, 0.25) is 0 Å². The first kappa shape index (κ1) is 17.1. The Morgan fingerprint density at radius 3 is 2.59 bits per heavy atom. The fraction of sp³-hybridized carbons (Fsp3) is 0.250. The summed E-state index contributed by atoms with van der Waals surface area (Å²) >= 11 is 0. The molecule has 0 spiro atoms. The molecule has 4 rings (SSSR count). The number of carbonyl (C=O) groups excluding carboxylic acids is 2. The molecule has 0 saturated heterocycles. The molecule has 138 valence electrons. The molecule has 27 heavy (non-hydrogen) atoms. The highest BCUT2D eigenvalue weighted by Crippen LogP contribution is 2.34. The second kappa shape index (κ2) is 7.11. The number of anilines is 1. The quantitative estimate of drug-likeness (QED) is 0.898. The lowest BCUT2D eigenvalue weighted by Gasteiger charge is -2.34. The number of nitrogens with zero attached hydrogens (tertiary/aromatic N) is 2. The number of likely N-dealkylation sites (N-methyl/N-ethyl adjacent to an activating group) is 1. The molecule has 2 aromatic rings. The van der Waals surface area contributed by atoms with E-state index in [2.05, 4.69) is 10.5 Å². The predicted molar refractivity (Wildman–Crippen MR) is 99.7 cm³/mol. The van der Waals surface area contributed by atoms with Gasteiger partial charge >= 0.3 is 0 Å². The summed E-state index contributed by atoms with van der Waals surface area (Å²) in [6.45, 7) is 0.121. The van der Waals surface area contributed by atoms with Crippen LogP contribution in [-0.4, -0.2) is 43.3 Å². The molecule has 2 atom stereocenters. The third-order valence-electron chi connectivity index (χ3n) is 4.63. The summed E-state index contributed by atoms with van der Waals surface area (Å²) in [6, 6.07) is 16.8. The van der Waals surface area contributed by atoms with Crippen LogP contribution >= 0.6 is 0 Å². The Bertz CT molecular complexity index is 897. The summed E-state index contributed by atoms with van der Waals surface area (Å²) in [7, 11) is 1.54. The number of amides is 2. The number of rotatable bonds is 3. The minimum atomic E-state index is -0.773.